The lowest BCUT2D eigenvalue weighted by Gasteiger charge is -2.36. The topological polar surface area (TPSA) is 52.2 Å². The second kappa shape index (κ2) is 6.86. The second-order valence-electron chi connectivity index (χ2n) is 7.85. The van der Waals surface area contributed by atoms with E-state index in [0.717, 1.165) is 46.6 Å². The predicted octanol–water partition coefficient (Wildman–Crippen LogP) is 3.18. The molecule has 0 unspecified atom stereocenters. The van der Waals surface area contributed by atoms with Crippen LogP contribution < -0.4 is 5.56 Å². The van der Waals surface area contributed by atoms with E-state index in [2.05, 4.69) is 34.0 Å². The first-order valence-electron chi connectivity index (χ1n) is 9.68. The third kappa shape index (κ3) is 3.22. The van der Waals surface area contributed by atoms with Gasteiger partial charge in [-0.05, 0) is 50.5 Å². The van der Waals surface area contributed by atoms with Crippen LogP contribution in [0, 0.1) is 5.92 Å². The molecule has 0 spiro atoms. The Morgan fingerprint density at radius 1 is 1.22 bits per heavy atom. The molecule has 2 fully saturated rings. The number of likely N-dealkylation sites (N-methyl/N-ethyl adjacent to an activating group) is 1. The zero-order valence-electron chi connectivity index (χ0n) is 15.5. The molecule has 2 saturated heterocycles. The molecule has 6 heteroatoms. The Balaban J connectivity index is 1.43. The molecule has 1 N–H and O–H groups in total. The molecule has 27 heavy (non-hydrogen) atoms. The largest absolute Gasteiger partial charge is 0.309 e. The summed E-state index contributed by atoms with van der Waals surface area (Å²) in [5.41, 5.74) is 1.11. The molecule has 5 rings (SSSR count). The maximum atomic E-state index is 12.6. The highest BCUT2D eigenvalue weighted by Crippen LogP contribution is 2.33. The van der Waals surface area contributed by atoms with Crippen LogP contribution in [0.1, 0.15) is 18.7 Å². The Bertz CT molecular complexity index is 1010. The molecular weight excluding hydrogens is 356 g/mol. The Kier molecular flexibility index (Phi) is 4.34. The van der Waals surface area contributed by atoms with Gasteiger partial charge in [-0.2, -0.15) is 0 Å². The van der Waals surface area contributed by atoms with Gasteiger partial charge in [-0.1, -0.05) is 30.3 Å². The summed E-state index contributed by atoms with van der Waals surface area (Å²) in [5, 5.41) is 0.694. The first-order valence-corrected chi connectivity index (χ1v) is 10.5. The number of likely N-dealkylation sites (tertiary alicyclic amines) is 2. The zero-order valence-corrected chi connectivity index (χ0v) is 16.3. The van der Waals surface area contributed by atoms with Crippen LogP contribution in [0.5, 0.6) is 0 Å². The van der Waals surface area contributed by atoms with E-state index in [1.165, 1.54) is 19.4 Å². The van der Waals surface area contributed by atoms with Gasteiger partial charge in [-0.3, -0.25) is 9.69 Å². The molecule has 0 saturated carbocycles. The lowest BCUT2D eigenvalue weighted by atomic mass is 9.92. The summed E-state index contributed by atoms with van der Waals surface area (Å²) in [6.07, 6.45) is 2.55. The fraction of sp³-hybridized carbons (Fsp3) is 0.429. The highest BCUT2D eigenvalue weighted by atomic mass is 32.1. The van der Waals surface area contributed by atoms with Gasteiger partial charge in [0.2, 0.25) is 0 Å². The van der Waals surface area contributed by atoms with Gasteiger partial charge in [-0.15, -0.1) is 11.3 Å². The van der Waals surface area contributed by atoms with Crippen molar-refractivity contribution in [3.63, 3.8) is 0 Å². The van der Waals surface area contributed by atoms with Crippen LogP contribution in [0.2, 0.25) is 0 Å². The van der Waals surface area contributed by atoms with Gasteiger partial charge < -0.3 is 9.88 Å². The first kappa shape index (κ1) is 17.1. The number of nitrogens with one attached hydrogen (secondary N) is 1. The van der Waals surface area contributed by atoms with Crippen molar-refractivity contribution in [2.75, 3.05) is 26.7 Å². The van der Waals surface area contributed by atoms with Crippen molar-refractivity contribution in [2.24, 2.45) is 5.92 Å². The molecule has 2 aliphatic rings. The van der Waals surface area contributed by atoms with E-state index in [1.807, 2.05) is 24.3 Å². The molecule has 0 bridgehead atoms. The van der Waals surface area contributed by atoms with Crippen molar-refractivity contribution in [2.45, 2.75) is 25.4 Å². The number of nitrogens with zero attached hydrogens (tertiary/aromatic N) is 3. The number of fused-ring (bicyclic) bond motifs is 2. The van der Waals surface area contributed by atoms with Crippen LogP contribution in [-0.2, 0) is 6.54 Å². The zero-order chi connectivity index (χ0) is 18.4. The summed E-state index contributed by atoms with van der Waals surface area (Å²) < 4.78 is 0. The van der Waals surface area contributed by atoms with Gasteiger partial charge in [0.15, 0.2) is 0 Å². The minimum absolute atomic E-state index is 0.0232. The molecule has 2 aliphatic heterocycles. The van der Waals surface area contributed by atoms with Crippen LogP contribution in [0.3, 0.4) is 0 Å². The monoisotopic (exact) mass is 380 g/mol. The maximum absolute atomic E-state index is 12.6. The third-order valence-corrected chi connectivity index (χ3v) is 7.12. The van der Waals surface area contributed by atoms with Crippen LogP contribution in [0.15, 0.2) is 41.2 Å². The van der Waals surface area contributed by atoms with Crippen molar-refractivity contribution in [1.29, 1.82) is 0 Å². The number of benzene rings is 1. The maximum Gasteiger partial charge on any atom is 0.259 e. The molecule has 0 aliphatic carbocycles. The third-order valence-electron chi connectivity index (χ3n) is 6.04. The van der Waals surface area contributed by atoms with Gasteiger partial charge in [0.05, 0.1) is 11.9 Å². The molecule has 140 valence electrons. The molecule has 2 atom stereocenters. The molecule has 0 radical (unpaired) electrons. The fourth-order valence-corrected chi connectivity index (χ4v) is 5.63. The summed E-state index contributed by atoms with van der Waals surface area (Å²) in [6.45, 7) is 4.16. The van der Waals surface area contributed by atoms with Gasteiger partial charge >= 0.3 is 0 Å². The fourth-order valence-electron chi connectivity index (χ4n) is 4.57. The number of H-pyrrole nitrogens is 1. The number of thiophene rings is 1. The average molecular weight is 381 g/mol. The minimum atomic E-state index is -0.0232. The van der Waals surface area contributed by atoms with Gasteiger partial charge in [0.25, 0.3) is 5.56 Å². The number of aromatic amines is 1. The van der Waals surface area contributed by atoms with E-state index in [9.17, 15) is 4.79 Å². The van der Waals surface area contributed by atoms with E-state index in [1.54, 1.807) is 11.3 Å². The van der Waals surface area contributed by atoms with Gasteiger partial charge in [0.1, 0.15) is 10.7 Å². The highest BCUT2D eigenvalue weighted by Gasteiger charge is 2.37. The number of piperidine rings is 1. The Labute approximate surface area is 162 Å². The summed E-state index contributed by atoms with van der Waals surface area (Å²) in [6, 6.07) is 12.8. The summed E-state index contributed by atoms with van der Waals surface area (Å²) >= 11 is 1.60. The lowest BCUT2D eigenvalue weighted by Crippen LogP contribution is -2.46. The van der Waals surface area contributed by atoms with Crippen molar-refractivity contribution < 1.29 is 0 Å². The van der Waals surface area contributed by atoms with E-state index in [0.29, 0.717) is 11.4 Å². The van der Waals surface area contributed by atoms with E-state index in [-0.39, 0.29) is 5.56 Å². The van der Waals surface area contributed by atoms with Crippen LogP contribution in [0.25, 0.3) is 20.7 Å². The average Bonchev–Trinajstić information content (AvgIpc) is 3.27. The SMILES string of the molecule is CN1CC[C@@H]2CCN(Cc3nc4sc(-c5ccccc5)cc4c(=O)[nH]3)[C@@H]2C1. The highest BCUT2D eigenvalue weighted by molar-refractivity contribution is 7.21. The summed E-state index contributed by atoms with van der Waals surface area (Å²) in [7, 11) is 2.20. The molecule has 4 heterocycles. The number of aromatic nitrogens is 2. The molecule has 3 aromatic rings. The number of hydrogen-bond donors (Lipinski definition) is 1. The van der Waals surface area contributed by atoms with E-state index < -0.39 is 0 Å². The number of rotatable bonds is 3. The molecule has 0 amide bonds. The van der Waals surface area contributed by atoms with Crippen molar-refractivity contribution in [3.8, 4) is 10.4 Å². The van der Waals surface area contributed by atoms with Gasteiger partial charge in [0, 0.05) is 17.5 Å². The normalized spacial score (nSPS) is 23.7. The Morgan fingerprint density at radius 2 is 2.04 bits per heavy atom. The Hall–Kier alpha value is -2.02. The quantitative estimate of drug-likeness (QED) is 0.758. The summed E-state index contributed by atoms with van der Waals surface area (Å²) in [5.74, 6) is 1.59. The molecule has 5 nitrogen and oxygen atoms in total. The molecular formula is C21H24N4OS. The van der Waals surface area contributed by atoms with Crippen LogP contribution in [0.4, 0.5) is 0 Å². The van der Waals surface area contributed by atoms with E-state index >= 15 is 0 Å². The molecule has 2 aromatic heterocycles. The standard InChI is InChI=1S/C21H24N4OS/c1-24-9-7-14-8-10-25(17(14)12-24)13-19-22-20(26)16-11-18(27-21(16)23-19)15-5-3-2-4-6-15/h2-6,11,14,17H,7-10,12-13H2,1H3,(H,22,23,26)/t14-,17-/m1/s1. The van der Waals surface area contributed by atoms with E-state index in [4.69, 9.17) is 4.98 Å². The Morgan fingerprint density at radius 3 is 2.89 bits per heavy atom. The minimum Gasteiger partial charge on any atom is -0.309 e. The van der Waals surface area contributed by atoms with Gasteiger partial charge in [-0.25, -0.2) is 4.98 Å². The number of hydrogen-bond acceptors (Lipinski definition) is 5. The lowest BCUT2D eigenvalue weighted by molar-refractivity contribution is 0.117. The van der Waals surface area contributed by atoms with Crippen molar-refractivity contribution in [1.82, 2.24) is 19.8 Å². The van der Waals surface area contributed by atoms with Crippen molar-refractivity contribution >= 4 is 21.6 Å². The second-order valence-corrected chi connectivity index (χ2v) is 8.88. The smallest absolute Gasteiger partial charge is 0.259 e. The van der Waals surface area contributed by atoms with Crippen LogP contribution >= 0.6 is 11.3 Å². The first-order chi connectivity index (χ1) is 13.2. The molecule has 1 aromatic carbocycles. The predicted molar refractivity (Wildman–Crippen MR) is 110 cm³/mol. The van der Waals surface area contributed by atoms with Crippen molar-refractivity contribution in [3.05, 3.63) is 52.6 Å². The summed E-state index contributed by atoms with van der Waals surface area (Å²) in [4.78, 5) is 27.3. The van der Waals surface area contributed by atoms with Crippen LogP contribution in [-0.4, -0.2) is 52.5 Å².